The Morgan fingerprint density at radius 2 is 2.21 bits per heavy atom. The second-order valence-corrected chi connectivity index (χ2v) is 5.68. The van der Waals surface area contributed by atoms with Gasteiger partial charge in [-0.3, -0.25) is 5.10 Å². The number of sulfonamides is 1. The molecule has 7 nitrogen and oxygen atoms in total. The van der Waals surface area contributed by atoms with E-state index in [-0.39, 0.29) is 11.4 Å². The molecule has 2 rings (SSSR count). The monoisotopic (exact) mass is 281 g/mol. The number of hydrogen-bond donors (Lipinski definition) is 3. The molecule has 19 heavy (non-hydrogen) atoms. The first-order valence-corrected chi connectivity index (χ1v) is 7.14. The van der Waals surface area contributed by atoms with Gasteiger partial charge in [0.05, 0.1) is 6.20 Å². The van der Waals surface area contributed by atoms with E-state index in [1.807, 2.05) is 6.92 Å². The van der Waals surface area contributed by atoms with Crippen molar-refractivity contribution in [2.24, 2.45) is 0 Å². The van der Waals surface area contributed by atoms with Gasteiger partial charge in [-0.15, -0.1) is 0 Å². The van der Waals surface area contributed by atoms with Crippen LogP contribution in [0.25, 0.3) is 0 Å². The lowest BCUT2D eigenvalue weighted by Gasteiger charge is -2.09. The average Bonchev–Trinajstić information content (AvgIpc) is 2.82. The number of hydrogen-bond acceptors (Lipinski definition) is 5. The minimum Gasteiger partial charge on any atom is -0.372 e. The van der Waals surface area contributed by atoms with Crippen molar-refractivity contribution in [1.82, 2.24) is 19.9 Å². The second kappa shape index (κ2) is 5.37. The third-order valence-corrected chi connectivity index (χ3v) is 4.12. The molecular formula is C11H15N5O2S. The smallest absolute Gasteiger partial charge is 0.244 e. The normalized spacial score (nSPS) is 11.5. The fourth-order valence-corrected chi connectivity index (χ4v) is 2.77. The summed E-state index contributed by atoms with van der Waals surface area (Å²) in [5.74, 6) is 0.318. The quantitative estimate of drug-likeness (QED) is 0.746. The number of aryl methyl sites for hydroxylation is 1. The van der Waals surface area contributed by atoms with E-state index in [0.29, 0.717) is 5.82 Å². The van der Waals surface area contributed by atoms with E-state index >= 15 is 0 Å². The van der Waals surface area contributed by atoms with Crippen LogP contribution in [0.1, 0.15) is 11.3 Å². The van der Waals surface area contributed by atoms with Crippen LogP contribution < -0.4 is 10.0 Å². The minimum atomic E-state index is -3.61. The summed E-state index contributed by atoms with van der Waals surface area (Å²) in [5.41, 5.74) is 1.64. The second-order valence-electron chi connectivity index (χ2n) is 3.94. The lowest BCUT2D eigenvalue weighted by Crippen LogP contribution is -2.24. The van der Waals surface area contributed by atoms with Gasteiger partial charge in [-0.2, -0.15) is 5.10 Å². The Balaban J connectivity index is 2.21. The van der Waals surface area contributed by atoms with Crippen molar-refractivity contribution in [3.8, 4) is 0 Å². The van der Waals surface area contributed by atoms with E-state index < -0.39 is 10.0 Å². The summed E-state index contributed by atoms with van der Waals surface area (Å²) in [6.07, 6.45) is 3.13. The Hall–Kier alpha value is -1.93. The van der Waals surface area contributed by atoms with Gasteiger partial charge in [0.1, 0.15) is 10.7 Å². The van der Waals surface area contributed by atoms with E-state index in [1.165, 1.54) is 12.3 Å². The van der Waals surface area contributed by atoms with Crippen molar-refractivity contribution in [2.75, 3.05) is 12.4 Å². The molecule has 0 atom stereocenters. The SMILES string of the molecule is CNc1ncccc1S(=O)(=O)NCc1cn[nH]c1C. The zero-order valence-electron chi connectivity index (χ0n) is 10.6. The number of anilines is 1. The van der Waals surface area contributed by atoms with E-state index in [4.69, 9.17) is 0 Å². The maximum Gasteiger partial charge on any atom is 0.244 e. The highest BCUT2D eigenvalue weighted by molar-refractivity contribution is 7.89. The summed E-state index contributed by atoms with van der Waals surface area (Å²) >= 11 is 0. The molecule has 0 aliphatic heterocycles. The summed E-state index contributed by atoms with van der Waals surface area (Å²) in [5, 5.41) is 9.36. The lowest BCUT2D eigenvalue weighted by atomic mass is 10.3. The molecule has 0 fully saturated rings. The molecule has 0 aliphatic carbocycles. The highest BCUT2D eigenvalue weighted by Crippen LogP contribution is 2.17. The van der Waals surface area contributed by atoms with Gasteiger partial charge in [0.15, 0.2) is 0 Å². The highest BCUT2D eigenvalue weighted by Gasteiger charge is 2.18. The zero-order valence-corrected chi connectivity index (χ0v) is 11.5. The predicted octanol–water partition coefficient (Wildman–Crippen LogP) is 0.633. The molecule has 0 saturated heterocycles. The van der Waals surface area contributed by atoms with Crippen molar-refractivity contribution in [2.45, 2.75) is 18.4 Å². The lowest BCUT2D eigenvalue weighted by molar-refractivity contribution is 0.581. The number of aromatic amines is 1. The van der Waals surface area contributed by atoms with Crippen molar-refractivity contribution < 1.29 is 8.42 Å². The number of nitrogens with one attached hydrogen (secondary N) is 3. The van der Waals surface area contributed by atoms with Crippen LogP contribution in [0.3, 0.4) is 0 Å². The van der Waals surface area contributed by atoms with Crippen LogP contribution in [-0.4, -0.2) is 30.6 Å². The molecule has 0 spiro atoms. The number of rotatable bonds is 5. The molecule has 0 radical (unpaired) electrons. The summed E-state index contributed by atoms with van der Waals surface area (Å²) in [7, 11) is -1.99. The fourth-order valence-electron chi connectivity index (χ4n) is 1.60. The molecule has 8 heteroatoms. The maximum atomic E-state index is 12.2. The van der Waals surface area contributed by atoms with E-state index in [0.717, 1.165) is 11.3 Å². The van der Waals surface area contributed by atoms with E-state index in [2.05, 4.69) is 25.2 Å². The fraction of sp³-hybridized carbons (Fsp3) is 0.273. The minimum absolute atomic E-state index is 0.124. The van der Waals surface area contributed by atoms with Gasteiger partial charge in [0.2, 0.25) is 10.0 Å². The Morgan fingerprint density at radius 3 is 2.84 bits per heavy atom. The van der Waals surface area contributed by atoms with Gasteiger partial charge in [-0.05, 0) is 19.1 Å². The van der Waals surface area contributed by atoms with Gasteiger partial charge < -0.3 is 5.32 Å². The molecule has 2 aromatic rings. The molecule has 0 bridgehead atoms. The zero-order chi connectivity index (χ0) is 13.9. The summed E-state index contributed by atoms with van der Waals surface area (Å²) in [4.78, 5) is 4.10. The maximum absolute atomic E-state index is 12.2. The van der Waals surface area contributed by atoms with Gasteiger partial charge in [-0.25, -0.2) is 18.1 Å². The number of H-pyrrole nitrogens is 1. The van der Waals surface area contributed by atoms with Crippen LogP contribution in [0.4, 0.5) is 5.82 Å². The largest absolute Gasteiger partial charge is 0.372 e. The molecular weight excluding hydrogens is 266 g/mol. The van der Waals surface area contributed by atoms with Gasteiger partial charge in [0, 0.05) is 31.0 Å². The first-order valence-electron chi connectivity index (χ1n) is 5.66. The summed E-state index contributed by atoms with van der Waals surface area (Å²) in [6.45, 7) is 2.02. The standard InChI is InChI=1S/C11H15N5O2S/c1-8-9(6-14-16-8)7-15-19(17,18)10-4-3-5-13-11(10)12-2/h3-6,15H,7H2,1-2H3,(H,12,13)(H,14,16). The summed E-state index contributed by atoms with van der Waals surface area (Å²) in [6, 6.07) is 3.09. The van der Waals surface area contributed by atoms with Crippen molar-refractivity contribution in [3.05, 3.63) is 35.8 Å². The molecule has 3 N–H and O–H groups in total. The number of pyridine rings is 1. The van der Waals surface area contributed by atoms with Gasteiger partial charge >= 0.3 is 0 Å². The predicted molar refractivity (Wildman–Crippen MR) is 71.1 cm³/mol. The van der Waals surface area contributed by atoms with Crippen molar-refractivity contribution in [3.63, 3.8) is 0 Å². The first-order chi connectivity index (χ1) is 9.04. The van der Waals surface area contributed by atoms with Crippen LogP contribution in [0.15, 0.2) is 29.4 Å². The Labute approximate surface area is 111 Å². The van der Waals surface area contributed by atoms with Crippen molar-refractivity contribution >= 4 is 15.8 Å². The Morgan fingerprint density at radius 1 is 1.42 bits per heavy atom. The molecule has 0 amide bonds. The molecule has 0 unspecified atom stereocenters. The molecule has 102 valence electrons. The Kier molecular flexibility index (Phi) is 3.82. The van der Waals surface area contributed by atoms with Crippen LogP contribution in [0, 0.1) is 6.92 Å². The third kappa shape index (κ3) is 2.91. The van der Waals surface area contributed by atoms with Crippen LogP contribution >= 0.6 is 0 Å². The summed E-state index contributed by atoms with van der Waals surface area (Å²) < 4.78 is 26.9. The molecule has 2 aromatic heterocycles. The van der Waals surface area contributed by atoms with Crippen LogP contribution in [0.5, 0.6) is 0 Å². The number of nitrogens with zero attached hydrogens (tertiary/aromatic N) is 2. The average molecular weight is 281 g/mol. The first kappa shape index (κ1) is 13.5. The molecule has 0 saturated carbocycles. The van der Waals surface area contributed by atoms with E-state index in [9.17, 15) is 8.42 Å². The Bertz CT molecular complexity index is 665. The third-order valence-electron chi connectivity index (χ3n) is 2.68. The highest BCUT2D eigenvalue weighted by atomic mass is 32.2. The van der Waals surface area contributed by atoms with Gasteiger partial charge in [-0.1, -0.05) is 0 Å². The van der Waals surface area contributed by atoms with Crippen molar-refractivity contribution in [1.29, 1.82) is 0 Å². The number of aromatic nitrogens is 3. The van der Waals surface area contributed by atoms with Crippen LogP contribution in [0.2, 0.25) is 0 Å². The van der Waals surface area contributed by atoms with E-state index in [1.54, 1.807) is 19.3 Å². The van der Waals surface area contributed by atoms with Crippen LogP contribution in [-0.2, 0) is 16.6 Å². The molecule has 2 heterocycles. The molecule has 0 aliphatic rings. The molecule has 0 aromatic carbocycles. The topological polar surface area (TPSA) is 99.8 Å². The van der Waals surface area contributed by atoms with Gasteiger partial charge in [0.25, 0.3) is 0 Å².